The van der Waals surface area contributed by atoms with Crippen molar-refractivity contribution in [3.63, 3.8) is 0 Å². The Morgan fingerprint density at radius 2 is 1.92 bits per heavy atom. The summed E-state index contributed by atoms with van der Waals surface area (Å²) in [6, 6.07) is 8.95. The van der Waals surface area contributed by atoms with Crippen LogP contribution >= 0.6 is 11.8 Å². The fourth-order valence-corrected chi connectivity index (χ4v) is 3.47. The molecule has 24 heavy (non-hydrogen) atoms. The number of likely N-dealkylation sites (tertiary alicyclic amines) is 1. The second-order valence-electron chi connectivity index (χ2n) is 5.98. The van der Waals surface area contributed by atoms with Crippen molar-refractivity contribution in [3.8, 4) is 6.07 Å². The predicted octanol–water partition coefficient (Wildman–Crippen LogP) is 2.31. The third-order valence-electron chi connectivity index (χ3n) is 4.00. The van der Waals surface area contributed by atoms with Gasteiger partial charge in [-0.15, -0.1) is 11.8 Å². The lowest BCUT2D eigenvalue weighted by Gasteiger charge is -2.29. The highest BCUT2D eigenvalue weighted by Gasteiger charge is 2.23. The Kier molecular flexibility index (Phi) is 7.13. The van der Waals surface area contributed by atoms with Crippen molar-refractivity contribution in [2.45, 2.75) is 38.0 Å². The van der Waals surface area contributed by atoms with Crippen LogP contribution in [0.2, 0.25) is 0 Å². The number of carbonyl (C=O) groups is 2. The fourth-order valence-electron chi connectivity index (χ4n) is 2.67. The standard InChI is InChI=1S/C18H23N3O2S/c1-14(18(23)21-9-3-2-4-10-21)20-17(22)13-24-12-16-7-5-15(11-19)6-8-16/h5-8,14H,2-4,9-10,12-13H2,1H3,(H,20,22). The van der Waals surface area contributed by atoms with Crippen LogP contribution in [0.5, 0.6) is 0 Å². The van der Waals surface area contributed by atoms with Crippen molar-refractivity contribution < 1.29 is 9.59 Å². The maximum Gasteiger partial charge on any atom is 0.244 e. The number of hydrogen-bond acceptors (Lipinski definition) is 4. The minimum atomic E-state index is -0.467. The molecule has 0 spiro atoms. The van der Waals surface area contributed by atoms with Crippen LogP contribution in [0.15, 0.2) is 24.3 Å². The quantitative estimate of drug-likeness (QED) is 0.859. The van der Waals surface area contributed by atoms with Gasteiger partial charge >= 0.3 is 0 Å². The number of hydrogen-bond donors (Lipinski definition) is 1. The van der Waals surface area contributed by atoms with Crippen molar-refractivity contribution in [2.75, 3.05) is 18.8 Å². The molecule has 1 aromatic rings. The second-order valence-corrected chi connectivity index (χ2v) is 6.96. The third-order valence-corrected chi connectivity index (χ3v) is 5.00. The molecule has 0 saturated carbocycles. The molecule has 1 aliphatic rings. The Hall–Kier alpha value is -2.00. The van der Waals surface area contributed by atoms with Crippen LogP contribution in [-0.2, 0) is 15.3 Å². The Labute approximate surface area is 147 Å². The summed E-state index contributed by atoms with van der Waals surface area (Å²) in [5.41, 5.74) is 1.70. The van der Waals surface area contributed by atoms with E-state index in [9.17, 15) is 9.59 Å². The molecule has 1 aromatic carbocycles. The number of thioether (sulfide) groups is 1. The molecule has 2 amide bonds. The first-order valence-electron chi connectivity index (χ1n) is 8.25. The van der Waals surface area contributed by atoms with Crippen LogP contribution in [0, 0.1) is 11.3 Å². The molecular weight excluding hydrogens is 322 g/mol. The summed E-state index contributed by atoms with van der Waals surface area (Å²) in [6.45, 7) is 3.35. The maximum absolute atomic E-state index is 12.3. The number of nitrogens with one attached hydrogen (secondary N) is 1. The topological polar surface area (TPSA) is 73.2 Å². The van der Waals surface area contributed by atoms with E-state index in [0.717, 1.165) is 31.5 Å². The molecule has 6 heteroatoms. The van der Waals surface area contributed by atoms with Gasteiger partial charge in [0.2, 0.25) is 11.8 Å². The maximum atomic E-state index is 12.3. The number of piperidine rings is 1. The van der Waals surface area contributed by atoms with E-state index < -0.39 is 6.04 Å². The zero-order valence-corrected chi connectivity index (χ0v) is 14.8. The number of amides is 2. The summed E-state index contributed by atoms with van der Waals surface area (Å²) in [7, 11) is 0. The molecule has 0 radical (unpaired) electrons. The smallest absolute Gasteiger partial charge is 0.244 e. The monoisotopic (exact) mass is 345 g/mol. The third kappa shape index (κ3) is 5.57. The van der Waals surface area contributed by atoms with Gasteiger partial charge in [0.05, 0.1) is 17.4 Å². The molecule has 1 N–H and O–H groups in total. The highest BCUT2D eigenvalue weighted by molar-refractivity contribution is 7.99. The molecular formula is C18H23N3O2S. The average Bonchev–Trinajstić information content (AvgIpc) is 2.62. The van der Waals surface area contributed by atoms with Gasteiger partial charge in [-0.25, -0.2) is 0 Å². The first-order chi connectivity index (χ1) is 11.6. The van der Waals surface area contributed by atoms with E-state index in [0.29, 0.717) is 17.1 Å². The van der Waals surface area contributed by atoms with Gasteiger partial charge in [-0.1, -0.05) is 12.1 Å². The van der Waals surface area contributed by atoms with Crippen LogP contribution in [0.3, 0.4) is 0 Å². The summed E-state index contributed by atoms with van der Waals surface area (Å²) in [6.07, 6.45) is 3.27. The van der Waals surface area contributed by atoms with Crippen LogP contribution in [-0.4, -0.2) is 41.6 Å². The van der Waals surface area contributed by atoms with E-state index >= 15 is 0 Å². The summed E-state index contributed by atoms with van der Waals surface area (Å²) in [5.74, 6) is 0.914. The van der Waals surface area contributed by atoms with Gasteiger partial charge in [-0.2, -0.15) is 5.26 Å². The van der Waals surface area contributed by atoms with E-state index in [4.69, 9.17) is 5.26 Å². The lowest BCUT2D eigenvalue weighted by Crippen LogP contribution is -2.48. The summed E-state index contributed by atoms with van der Waals surface area (Å²) in [5, 5.41) is 11.5. The summed E-state index contributed by atoms with van der Waals surface area (Å²) < 4.78 is 0. The molecule has 1 atom stereocenters. The first kappa shape index (κ1) is 18.3. The van der Waals surface area contributed by atoms with Crippen molar-refractivity contribution in [3.05, 3.63) is 35.4 Å². The number of carbonyl (C=O) groups excluding carboxylic acids is 2. The van der Waals surface area contributed by atoms with Crippen molar-refractivity contribution in [2.24, 2.45) is 0 Å². The largest absolute Gasteiger partial charge is 0.344 e. The van der Waals surface area contributed by atoms with Gasteiger partial charge in [-0.3, -0.25) is 9.59 Å². The molecule has 0 aromatic heterocycles. The lowest BCUT2D eigenvalue weighted by atomic mass is 10.1. The minimum Gasteiger partial charge on any atom is -0.344 e. The molecule has 1 saturated heterocycles. The molecule has 1 unspecified atom stereocenters. The van der Waals surface area contributed by atoms with Crippen molar-refractivity contribution >= 4 is 23.6 Å². The Morgan fingerprint density at radius 3 is 2.54 bits per heavy atom. The van der Waals surface area contributed by atoms with E-state index in [2.05, 4.69) is 11.4 Å². The number of nitriles is 1. The van der Waals surface area contributed by atoms with Crippen LogP contribution in [0.1, 0.15) is 37.3 Å². The van der Waals surface area contributed by atoms with E-state index in [1.165, 1.54) is 18.2 Å². The number of nitrogens with zero attached hydrogens (tertiary/aromatic N) is 2. The van der Waals surface area contributed by atoms with Gasteiger partial charge in [-0.05, 0) is 43.9 Å². The lowest BCUT2D eigenvalue weighted by molar-refractivity contribution is -0.136. The number of benzene rings is 1. The van der Waals surface area contributed by atoms with Gasteiger partial charge < -0.3 is 10.2 Å². The molecule has 1 fully saturated rings. The van der Waals surface area contributed by atoms with Crippen molar-refractivity contribution in [1.82, 2.24) is 10.2 Å². The molecule has 5 nitrogen and oxygen atoms in total. The normalized spacial score (nSPS) is 15.4. The second kappa shape index (κ2) is 9.33. The molecule has 128 valence electrons. The predicted molar refractivity (Wildman–Crippen MR) is 95.4 cm³/mol. The highest BCUT2D eigenvalue weighted by Crippen LogP contribution is 2.13. The van der Waals surface area contributed by atoms with Crippen LogP contribution in [0.4, 0.5) is 0 Å². The molecule has 0 aliphatic carbocycles. The van der Waals surface area contributed by atoms with Gasteiger partial charge in [0.1, 0.15) is 6.04 Å². The first-order valence-corrected chi connectivity index (χ1v) is 9.40. The Morgan fingerprint density at radius 1 is 1.25 bits per heavy atom. The van der Waals surface area contributed by atoms with E-state index in [1.54, 1.807) is 19.1 Å². The van der Waals surface area contributed by atoms with E-state index in [-0.39, 0.29) is 11.8 Å². The minimum absolute atomic E-state index is 0.0140. The molecule has 0 bridgehead atoms. The highest BCUT2D eigenvalue weighted by atomic mass is 32.2. The SMILES string of the molecule is CC(NC(=O)CSCc1ccc(C#N)cc1)C(=O)N1CCCCC1. The van der Waals surface area contributed by atoms with Gasteiger partial charge in [0.15, 0.2) is 0 Å². The van der Waals surface area contributed by atoms with Gasteiger partial charge in [0, 0.05) is 18.8 Å². The van der Waals surface area contributed by atoms with Crippen molar-refractivity contribution in [1.29, 1.82) is 5.26 Å². The van der Waals surface area contributed by atoms with Crippen LogP contribution in [0.25, 0.3) is 0 Å². The molecule has 2 rings (SSSR count). The van der Waals surface area contributed by atoms with Gasteiger partial charge in [0.25, 0.3) is 0 Å². The molecule has 1 aliphatic heterocycles. The Balaban J connectivity index is 1.70. The molecule has 1 heterocycles. The fraction of sp³-hybridized carbons (Fsp3) is 0.500. The summed E-state index contributed by atoms with van der Waals surface area (Å²) >= 11 is 1.50. The average molecular weight is 345 g/mol. The zero-order valence-electron chi connectivity index (χ0n) is 14.0. The summed E-state index contributed by atoms with van der Waals surface area (Å²) in [4.78, 5) is 26.1. The Bertz CT molecular complexity index is 604. The number of rotatable bonds is 6. The van der Waals surface area contributed by atoms with Crippen LogP contribution < -0.4 is 5.32 Å². The van der Waals surface area contributed by atoms with E-state index in [1.807, 2.05) is 17.0 Å². The zero-order chi connectivity index (χ0) is 17.4.